The number of aryl methyl sites for hydroxylation is 2. The average Bonchev–Trinajstić information content (AvgIpc) is 2.69. The van der Waals surface area contributed by atoms with E-state index in [9.17, 15) is 0 Å². The van der Waals surface area contributed by atoms with Crippen molar-refractivity contribution in [3.63, 3.8) is 0 Å². The van der Waals surface area contributed by atoms with E-state index in [-0.39, 0.29) is 0 Å². The van der Waals surface area contributed by atoms with Crippen LogP contribution in [0.2, 0.25) is 0 Å². The van der Waals surface area contributed by atoms with Gasteiger partial charge in [-0.05, 0) is 33.7 Å². The van der Waals surface area contributed by atoms with Crippen LogP contribution in [0.4, 0.5) is 0 Å². The highest BCUT2D eigenvalue weighted by Crippen LogP contribution is 1.94. The summed E-state index contributed by atoms with van der Waals surface area (Å²) in [6, 6.07) is 0. The molecule has 16 heavy (non-hydrogen) atoms. The standard InChI is InChI=1S/C12H22N4/c1-4-11(2)14-9-13-6-5-7-16-8-12(3)15-10-16/h4,8,10,13-14H,5-7,9H2,1-3H3/b11-4+. The Morgan fingerprint density at radius 1 is 1.56 bits per heavy atom. The van der Waals surface area contributed by atoms with Crippen LogP contribution in [0.25, 0.3) is 0 Å². The summed E-state index contributed by atoms with van der Waals surface area (Å²) in [5, 5.41) is 6.61. The van der Waals surface area contributed by atoms with E-state index >= 15 is 0 Å². The molecule has 90 valence electrons. The van der Waals surface area contributed by atoms with E-state index in [4.69, 9.17) is 0 Å². The molecule has 0 fully saturated rings. The lowest BCUT2D eigenvalue weighted by Gasteiger charge is -2.08. The minimum Gasteiger partial charge on any atom is -0.376 e. The van der Waals surface area contributed by atoms with Gasteiger partial charge in [0.1, 0.15) is 0 Å². The van der Waals surface area contributed by atoms with Crippen LogP contribution in [0.15, 0.2) is 24.3 Å². The fraction of sp³-hybridized carbons (Fsp3) is 0.583. The Balaban J connectivity index is 2.00. The van der Waals surface area contributed by atoms with Crippen molar-refractivity contribution in [2.45, 2.75) is 33.7 Å². The first-order chi connectivity index (χ1) is 7.72. The molecule has 4 heteroatoms. The van der Waals surface area contributed by atoms with Crippen LogP contribution >= 0.6 is 0 Å². The van der Waals surface area contributed by atoms with Gasteiger partial charge in [-0.1, -0.05) is 6.08 Å². The number of nitrogens with zero attached hydrogens (tertiary/aromatic N) is 2. The third-order valence-electron chi connectivity index (χ3n) is 2.46. The SMILES string of the molecule is C/C=C(\C)NCNCCCn1cnc(C)c1. The maximum absolute atomic E-state index is 4.19. The zero-order chi connectivity index (χ0) is 11.8. The van der Waals surface area contributed by atoms with Gasteiger partial charge in [0, 0.05) is 18.4 Å². The van der Waals surface area contributed by atoms with Crippen LogP contribution in [-0.4, -0.2) is 22.8 Å². The summed E-state index contributed by atoms with van der Waals surface area (Å²) >= 11 is 0. The van der Waals surface area contributed by atoms with Crippen molar-refractivity contribution >= 4 is 0 Å². The third-order valence-corrected chi connectivity index (χ3v) is 2.46. The molecule has 0 unspecified atom stereocenters. The second-order valence-electron chi connectivity index (χ2n) is 3.93. The molecule has 0 aliphatic heterocycles. The number of hydrogen-bond acceptors (Lipinski definition) is 3. The van der Waals surface area contributed by atoms with E-state index in [1.165, 1.54) is 5.70 Å². The molecule has 0 saturated heterocycles. The van der Waals surface area contributed by atoms with Crippen molar-refractivity contribution in [3.05, 3.63) is 30.0 Å². The zero-order valence-corrected chi connectivity index (χ0v) is 10.5. The van der Waals surface area contributed by atoms with Crippen molar-refractivity contribution in [2.24, 2.45) is 0 Å². The second-order valence-corrected chi connectivity index (χ2v) is 3.93. The number of nitrogens with one attached hydrogen (secondary N) is 2. The van der Waals surface area contributed by atoms with Crippen molar-refractivity contribution in [1.29, 1.82) is 0 Å². The predicted molar refractivity (Wildman–Crippen MR) is 67.0 cm³/mol. The molecule has 1 heterocycles. The summed E-state index contributed by atoms with van der Waals surface area (Å²) in [5.74, 6) is 0. The molecule has 0 aliphatic carbocycles. The largest absolute Gasteiger partial charge is 0.376 e. The molecule has 0 spiro atoms. The number of hydrogen-bond donors (Lipinski definition) is 2. The Bertz CT molecular complexity index is 328. The second kappa shape index (κ2) is 7.06. The van der Waals surface area contributed by atoms with Gasteiger partial charge >= 0.3 is 0 Å². The fourth-order valence-corrected chi connectivity index (χ4v) is 1.37. The average molecular weight is 222 g/mol. The van der Waals surface area contributed by atoms with Crippen LogP contribution in [0, 0.1) is 6.92 Å². The van der Waals surface area contributed by atoms with Gasteiger partial charge in [-0.3, -0.25) is 0 Å². The van der Waals surface area contributed by atoms with E-state index in [1.54, 1.807) is 0 Å². The van der Waals surface area contributed by atoms with Gasteiger partial charge in [0.05, 0.1) is 18.7 Å². The van der Waals surface area contributed by atoms with Crippen LogP contribution in [-0.2, 0) is 6.54 Å². The number of rotatable bonds is 7. The Labute approximate surface area is 97.8 Å². The highest BCUT2D eigenvalue weighted by atomic mass is 15.1. The van der Waals surface area contributed by atoms with E-state index in [0.29, 0.717) is 0 Å². The molecule has 0 saturated carbocycles. The Kier molecular flexibility index (Phi) is 5.64. The molecule has 0 aliphatic rings. The fourth-order valence-electron chi connectivity index (χ4n) is 1.37. The first kappa shape index (κ1) is 12.8. The molecule has 0 amide bonds. The van der Waals surface area contributed by atoms with Crippen molar-refractivity contribution < 1.29 is 0 Å². The molecule has 4 nitrogen and oxygen atoms in total. The summed E-state index contributed by atoms with van der Waals surface area (Å²) in [4.78, 5) is 4.19. The van der Waals surface area contributed by atoms with Crippen molar-refractivity contribution in [1.82, 2.24) is 20.2 Å². The maximum atomic E-state index is 4.19. The number of aromatic nitrogens is 2. The van der Waals surface area contributed by atoms with Gasteiger partial charge in [-0.2, -0.15) is 0 Å². The lowest BCUT2D eigenvalue weighted by Crippen LogP contribution is -2.28. The number of imidazole rings is 1. The Morgan fingerprint density at radius 3 is 3.00 bits per heavy atom. The molecule has 1 aromatic heterocycles. The minimum absolute atomic E-state index is 0.832. The van der Waals surface area contributed by atoms with Gasteiger partial charge in [0.15, 0.2) is 0 Å². The first-order valence-electron chi connectivity index (χ1n) is 5.78. The normalized spacial score (nSPS) is 11.8. The van der Waals surface area contributed by atoms with Gasteiger partial charge in [-0.25, -0.2) is 4.98 Å². The molecule has 2 N–H and O–H groups in total. The van der Waals surface area contributed by atoms with E-state index in [2.05, 4.69) is 39.4 Å². The van der Waals surface area contributed by atoms with Gasteiger partial charge in [0.25, 0.3) is 0 Å². The molecular formula is C12H22N4. The van der Waals surface area contributed by atoms with Crippen molar-refractivity contribution in [3.8, 4) is 0 Å². The molecular weight excluding hydrogens is 200 g/mol. The zero-order valence-electron chi connectivity index (χ0n) is 10.5. The van der Waals surface area contributed by atoms with E-state index < -0.39 is 0 Å². The molecule has 0 atom stereocenters. The van der Waals surface area contributed by atoms with Gasteiger partial charge in [0.2, 0.25) is 0 Å². The van der Waals surface area contributed by atoms with Crippen LogP contribution < -0.4 is 10.6 Å². The molecule has 0 bridgehead atoms. The molecule has 1 rings (SSSR count). The Morgan fingerprint density at radius 2 is 2.38 bits per heavy atom. The van der Waals surface area contributed by atoms with E-state index in [0.717, 1.165) is 31.9 Å². The smallest absolute Gasteiger partial charge is 0.0949 e. The topological polar surface area (TPSA) is 41.9 Å². The lowest BCUT2D eigenvalue weighted by molar-refractivity contribution is 0.562. The van der Waals surface area contributed by atoms with Gasteiger partial charge < -0.3 is 15.2 Å². The van der Waals surface area contributed by atoms with E-state index in [1.807, 2.05) is 20.2 Å². The van der Waals surface area contributed by atoms with Crippen LogP contribution in [0.1, 0.15) is 26.0 Å². The summed E-state index contributed by atoms with van der Waals surface area (Å²) in [6.45, 7) is 8.98. The molecule has 0 aromatic carbocycles. The van der Waals surface area contributed by atoms with Gasteiger partial charge in [-0.15, -0.1) is 0 Å². The quantitative estimate of drug-likeness (QED) is 0.544. The summed E-state index contributed by atoms with van der Waals surface area (Å²) < 4.78 is 2.13. The minimum atomic E-state index is 0.832. The predicted octanol–water partition coefficient (Wildman–Crippen LogP) is 1.64. The first-order valence-corrected chi connectivity index (χ1v) is 5.78. The van der Waals surface area contributed by atoms with Crippen LogP contribution in [0.3, 0.4) is 0 Å². The highest BCUT2D eigenvalue weighted by Gasteiger charge is 1.93. The molecule has 0 radical (unpaired) electrons. The summed E-state index contributed by atoms with van der Waals surface area (Å²) in [6.07, 6.45) is 7.14. The van der Waals surface area contributed by atoms with Crippen LogP contribution in [0.5, 0.6) is 0 Å². The van der Waals surface area contributed by atoms with Crippen molar-refractivity contribution in [2.75, 3.05) is 13.2 Å². The monoisotopic (exact) mass is 222 g/mol. The third kappa shape index (κ3) is 4.98. The maximum Gasteiger partial charge on any atom is 0.0949 e. The Hall–Kier alpha value is -1.29. The lowest BCUT2D eigenvalue weighted by atomic mass is 10.4. The molecule has 1 aromatic rings. The number of allylic oxidation sites excluding steroid dienone is 2. The summed E-state index contributed by atoms with van der Waals surface area (Å²) in [5.41, 5.74) is 2.29. The highest BCUT2D eigenvalue weighted by molar-refractivity contribution is 4.92. The summed E-state index contributed by atoms with van der Waals surface area (Å²) in [7, 11) is 0.